The van der Waals surface area contributed by atoms with Gasteiger partial charge >= 0.3 is 0 Å². The molecule has 2 heterocycles. The van der Waals surface area contributed by atoms with E-state index in [9.17, 15) is 4.79 Å². The van der Waals surface area contributed by atoms with Gasteiger partial charge in [-0.25, -0.2) is 0 Å². The number of amides is 1. The van der Waals surface area contributed by atoms with Crippen LogP contribution in [-0.2, 0) is 4.79 Å². The smallest absolute Gasteiger partial charge is 0.258 e. The molecule has 0 spiro atoms. The molecule has 4 nitrogen and oxygen atoms in total. The summed E-state index contributed by atoms with van der Waals surface area (Å²) >= 11 is 18.4. The zero-order chi connectivity index (χ0) is 22.9. The number of carbonyl (C=O) groups excluding carboxylic acids is 1. The summed E-state index contributed by atoms with van der Waals surface area (Å²) in [6, 6.07) is 22.3. The van der Waals surface area contributed by atoms with E-state index in [0.29, 0.717) is 20.8 Å². The minimum Gasteiger partial charge on any atom is -0.295 e. The van der Waals surface area contributed by atoms with Gasteiger partial charge in [-0.1, -0.05) is 59.1 Å². The van der Waals surface area contributed by atoms with Crippen molar-refractivity contribution in [3.8, 4) is 0 Å². The third kappa shape index (κ3) is 4.53. The van der Waals surface area contributed by atoms with Crippen molar-refractivity contribution >= 4 is 52.1 Å². The minimum absolute atomic E-state index is 0.0610. The number of hydrazone groups is 1. The van der Waals surface area contributed by atoms with Crippen LogP contribution >= 0.6 is 34.8 Å². The zero-order valence-corrected chi connectivity index (χ0v) is 20.1. The average molecular weight is 499 g/mol. The Morgan fingerprint density at radius 1 is 0.758 bits per heavy atom. The molecule has 5 rings (SSSR count). The lowest BCUT2D eigenvalue weighted by Crippen LogP contribution is -2.40. The summed E-state index contributed by atoms with van der Waals surface area (Å²) in [5.41, 5.74) is 3.36. The zero-order valence-electron chi connectivity index (χ0n) is 17.8. The number of nitrogens with zero attached hydrogens (tertiary/aromatic N) is 3. The van der Waals surface area contributed by atoms with Crippen molar-refractivity contribution in [1.82, 2.24) is 4.90 Å². The van der Waals surface area contributed by atoms with Gasteiger partial charge in [0.2, 0.25) is 0 Å². The van der Waals surface area contributed by atoms with E-state index in [1.807, 2.05) is 60.7 Å². The summed E-state index contributed by atoms with van der Waals surface area (Å²) in [5.74, 6) is -0.532. The molecule has 2 unspecified atom stereocenters. The van der Waals surface area contributed by atoms with Crippen LogP contribution in [0.3, 0.4) is 0 Å². The molecule has 3 aromatic rings. The summed E-state index contributed by atoms with van der Waals surface area (Å²) in [5, 5.41) is 8.28. The van der Waals surface area contributed by atoms with E-state index in [0.717, 1.165) is 42.8 Å². The summed E-state index contributed by atoms with van der Waals surface area (Å²) in [4.78, 5) is 16.4. The van der Waals surface area contributed by atoms with Crippen molar-refractivity contribution in [2.45, 2.75) is 18.9 Å². The van der Waals surface area contributed by atoms with E-state index in [2.05, 4.69) is 4.90 Å². The second-order valence-corrected chi connectivity index (χ2v) is 9.65. The van der Waals surface area contributed by atoms with E-state index < -0.39 is 5.92 Å². The highest BCUT2D eigenvalue weighted by Gasteiger charge is 2.45. The van der Waals surface area contributed by atoms with Gasteiger partial charge in [0.05, 0.1) is 17.4 Å². The quantitative estimate of drug-likeness (QED) is 0.385. The standard InChI is InChI=1S/C26H22Cl3N3O/c27-19-7-3-17(4-8-19)24-23(26(33)32(30-24)22-13-11-21(29)12-14-22)25(31-15-1-2-16-31)18-5-9-20(28)10-6-18/h3-14,23,25H,1-2,15-16H2. The molecule has 2 aliphatic heterocycles. The Morgan fingerprint density at radius 2 is 1.27 bits per heavy atom. The molecule has 2 atom stereocenters. The second kappa shape index (κ2) is 9.47. The van der Waals surface area contributed by atoms with Gasteiger partial charge in [0.15, 0.2) is 0 Å². The first-order valence-corrected chi connectivity index (χ1v) is 12.1. The summed E-state index contributed by atoms with van der Waals surface area (Å²) < 4.78 is 0. The Balaban J connectivity index is 1.63. The number of likely N-dealkylation sites (tertiary alicyclic amines) is 1. The first-order chi connectivity index (χ1) is 16.0. The molecule has 0 N–H and O–H groups in total. The normalized spacial score (nSPS) is 19.7. The van der Waals surface area contributed by atoms with Crippen molar-refractivity contribution in [3.05, 3.63) is 99.0 Å². The van der Waals surface area contributed by atoms with Gasteiger partial charge in [-0.05, 0) is 85.6 Å². The first kappa shape index (κ1) is 22.4. The number of carbonyl (C=O) groups is 1. The molecule has 7 heteroatoms. The highest BCUT2D eigenvalue weighted by atomic mass is 35.5. The van der Waals surface area contributed by atoms with Crippen LogP contribution in [0.5, 0.6) is 0 Å². The molecule has 0 aliphatic carbocycles. The number of halogens is 3. The fourth-order valence-corrected chi connectivity index (χ4v) is 5.05. The number of anilines is 1. The second-order valence-electron chi connectivity index (χ2n) is 8.34. The SMILES string of the molecule is O=C1C(C(c2ccc(Cl)cc2)N2CCCC2)C(c2ccc(Cl)cc2)=NN1c1ccc(Cl)cc1. The Morgan fingerprint density at radius 3 is 1.85 bits per heavy atom. The Hall–Kier alpha value is -2.37. The van der Waals surface area contributed by atoms with Crippen LogP contribution in [0.15, 0.2) is 77.9 Å². The van der Waals surface area contributed by atoms with Crippen molar-refractivity contribution in [1.29, 1.82) is 0 Å². The fourth-order valence-electron chi connectivity index (χ4n) is 4.67. The van der Waals surface area contributed by atoms with Crippen molar-refractivity contribution < 1.29 is 4.79 Å². The summed E-state index contributed by atoms with van der Waals surface area (Å²) in [6.07, 6.45) is 2.22. The minimum atomic E-state index is -0.471. The molecule has 2 aliphatic rings. The van der Waals surface area contributed by atoms with Crippen molar-refractivity contribution in [2.24, 2.45) is 11.0 Å². The van der Waals surface area contributed by atoms with E-state index in [1.165, 1.54) is 5.01 Å². The van der Waals surface area contributed by atoms with E-state index in [1.54, 1.807) is 12.1 Å². The molecule has 1 amide bonds. The molecule has 33 heavy (non-hydrogen) atoms. The molecule has 0 radical (unpaired) electrons. The average Bonchev–Trinajstić information content (AvgIpc) is 3.46. The van der Waals surface area contributed by atoms with E-state index in [-0.39, 0.29) is 11.9 Å². The predicted molar refractivity (Wildman–Crippen MR) is 135 cm³/mol. The van der Waals surface area contributed by atoms with Gasteiger partial charge < -0.3 is 0 Å². The summed E-state index contributed by atoms with van der Waals surface area (Å²) in [7, 11) is 0. The van der Waals surface area contributed by atoms with Crippen LogP contribution in [0, 0.1) is 5.92 Å². The fraction of sp³-hybridized carbons (Fsp3) is 0.231. The Kier molecular flexibility index (Phi) is 6.44. The molecule has 1 fully saturated rings. The lowest BCUT2D eigenvalue weighted by Gasteiger charge is -2.32. The van der Waals surface area contributed by atoms with Crippen LogP contribution < -0.4 is 5.01 Å². The lowest BCUT2D eigenvalue weighted by molar-refractivity contribution is -0.121. The topological polar surface area (TPSA) is 35.9 Å². The highest BCUT2D eigenvalue weighted by Crippen LogP contribution is 2.40. The highest BCUT2D eigenvalue weighted by molar-refractivity contribution is 6.31. The number of hydrogen-bond acceptors (Lipinski definition) is 3. The van der Waals surface area contributed by atoms with Gasteiger partial charge in [-0.15, -0.1) is 0 Å². The van der Waals surface area contributed by atoms with Gasteiger partial charge in [0.1, 0.15) is 5.92 Å². The van der Waals surface area contributed by atoms with E-state index >= 15 is 0 Å². The Labute approximate surface area is 208 Å². The maximum absolute atomic E-state index is 14.0. The third-order valence-corrected chi connectivity index (χ3v) is 7.01. The Bertz CT molecular complexity index is 1170. The van der Waals surface area contributed by atoms with Crippen LogP contribution in [0.4, 0.5) is 5.69 Å². The molecule has 168 valence electrons. The maximum atomic E-state index is 14.0. The van der Waals surface area contributed by atoms with Gasteiger partial charge in [-0.2, -0.15) is 10.1 Å². The maximum Gasteiger partial charge on any atom is 0.258 e. The van der Waals surface area contributed by atoms with Crippen molar-refractivity contribution in [3.63, 3.8) is 0 Å². The van der Waals surface area contributed by atoms with Crippen LogP contribution in [0.25, 0.3) is 0 Å². The number of hydrogen-bond donors (Lipinski definition) is 0. The molecular weight excluding hydrogens is 477 g/mol. The third-order valence-electron chi connectivity index (χ3n) is 6.25. The molecular formula is C26H22Cl3N3O. The van der Waals surface area contributed by atoms with Crippen LogP contribution in [-0.4, -0.2) is 29.6 Å². The van der Waals surface area contributed by atoms with Crippen molar-refractivity contribution in [2.75, 3.05) is 18.1 Å². The number of rotatable bonds is 5. The lowest BCUT2D eigenvalue weighted by atomic mass is 9.85. The molecule has 1 saturated heterocycles. The van der Waals surface area contributed by atoms with Crippen LogP contribution in [0.2, 0.25) is 15.1 Å². The van der Waals surface area contributed by atoms with Gasteiger partial charge in [0.25, 0.3) is 5.91 Å². The van der Waals surface area contributed by atoms with Crippen LogP contribution in [0.1, 0.15) is 30.0 Å². The van der Waals surface area contributed by atoms with Gasteiger partial charge in [0, 0.05) is 15.1 Å². The van der Waals surface area contributed by atoms with Gasteiger partial charge in [-0.3, -0.25) is 9.69 Å². The first-order valence-electron chi connectivity index (χ1n) is 10.9. The molecule has 3 aromatic carbocycles. The van der Waals surface area contributed by atoms with E-state index in [4.69, 9.17) is 39.9 Å². The largest absolute Gasteiger partial charge is 0.295 e. The predicted octanol–water partition coefficient (Wildman–Crippen LogP) is 6.85. The summed E-state index contributed by atoms with van der Waals surface area (Å²) in [6.45, 7) is 1.87. The molecule has 0 saturated carbocycles. The number of benzene rings is 3. The molecule has 0 aromatic heterocycles. The molecule has 0 bridgehead atoms. The monoisotopic (exact) mass is 497 g/mol.